The Morgan fingerprint density at radius 2 is 2.05 bits per heavy atom. The molecule has 0 fully saturated rings. The van der Waals surface area contributed by atoms with E-state index in [2.05, 4.69) is 15.5 Å². The second-order valence-electron chi connectivity index (χ2n) is 4.56. The first-order valence-corrected chi connectivity index (χ1v) is 6.19. The second-order valence-corrected chi connectivity index (χ2v) is 4.56. The predicted molar refractivity (Wildman–Crippen MR) is 77.5 cm³/mol. The van der Waals surface area contributed by atoms with Gasteiger partial charge in [-0.25, -0.2) is 4.79 Å². The molecule has 3 rings (SSSR count). The van der Waals surface area contributed by atoms with E-state index in [1.54, 1.807) is 24.3 Å². The van der Waals surface area contributed by atoms with E-state index in [-0.39, 0.29) is 5.56 Å². The number of para-hydroxylation sites is 1. The summed E-state index contributed by atoms with van der Waals surface area (Å²) < 4.78 is 0. The average Bonchev–Trinajstić information content (AvgIpc) is 2.80. The molecule has 0 unspecified atom stereocenters. The molecule has 3 aromatic rings. The Morgan fingerprint density at radius 3 is 2.85 bits per heavy atom. The van der Waals surface area contributed by atoms with Crippen molar-refractivity contribution in [1.82, 2.24) is 10.2 Å². The number of hydrogen-bond donors (Lipinski definition) is 3. The van der Waals surface area contributed by atoms with E-state index in [0.29, 0.717) is 5.69 Å². The molecule has 5 nitrogen and oxygen atoms in total. The van der Waals surface area contributed by atoms with Gasteiger partial charge in [-0.1, -0.05) is 12.1 Å². The fraction of sp³-hybridized carbons (Fsp3) is 0.0667. The molecular weight excluding hydrogens is 254 g/mol. The van der Waals surface area contributed by atoms with Crippen LogP contribution in [0.4, 0.5) is 11.4 Å². The van der Waals surface area contributed by atoms with E-state index in [9.17, 15) is 4.79 Å². The Labute approximate surface area is 115 Å². The molecule has 5 heteroatoms. The molecule has 2 aromatic carbocycles. The maximum atomic E-state index is 11.2. The van der Waals surface area contributed by atoms with Crippen LogP contribution in [0.1, 0.15) is 16.1 Å². The summed E-state index contributed by atoms with van der Waals surface area (Å²) in [4.78, 5) is 11.2. The quantitative estimate of drug-likeness (QED) is 0.680. The van der Waals surface area contributed by atoms with Gasteiger partial charge in [0.2, 0.25) is 0 Å². The summed E-state index contributed by atoms with van der Waals surface area (Å²) in [7, 11) is 0. The number of fused-ring (bicyclic) bond motifs is 1. The first-order valence-electron chi connectivity index (χ1n) is 6.19. The molecule has 20 heavy (non-hydrogen) atoms. The summed E-state index contributed by atoms with van der Waals surface area (Å²) in [5.74, 6) is -0.954. The maximum Gasteiger partial charge on any atom is 0.337 e. The molecule has 100 valence electrons. The Balaban J connectivity index is 1.99. The Morgan fingerprint density at radius 1 is 1.25 bits per heavy atom. The third-order valence-electron chi connectivity index (χ3n) is 3.18. The fourth-order valence-corrected chi connectivity index (χ4v) is 2.16. The molecule has 1 aromatic heterocycles. The van der Waals surface area contributed by atoms with E-state index in [1.807, 2.05) is 25.1 Å². The predicted octanol–water partition coefficient (Wildman–Crippen LogP) is 3.31. The number of rotatable bonds is 3. The van der Waals surface area contributed by atoms with Gasteiger partial charge in [-0.05, 0) is 37.3 Å². The lowest BCUT2D eigenvalue weighted by molar-refractivity contribution is 0.0698. The molecule has 0 radical (unpaired) electrons. The van der Waals surface area contributed by atoms with E-state index < -0.39 is 5.97 Å². The minimum atomic E-state index is -0.954. The van der Waals surface area contributed by atoms with Crippen LogP contribution in [0.3, 0.4) is 0 Å². The highest BCUT2D eigenvalue weighted by Gasteiger charge is 2.09. The Bertz CT molecular complexity index is 793. The Hall–Kier alpha value is -2.82. The van der Waals surface area contributed by atoms with Crippen molar-refractivity contribution in [3.8, 4) is 0 Å². The van der Waals surface area contributed by atoms with Gasteiger partial charge in [0.1, 0.15) is 0 Å². The van der Waals surface area contributed by atoms with Crippen molar-refractivity contribution in [2.45, 2.75) is 6.92 Å². The molecule has 0 aliphatic carbocycles. The van der Waals surface area contributed by atoms with Crippen molar-refractivity contribution in [1.29, 1.82) is 0 Å². The number of aromatic amines is 1. The highest BCUT2D eigenvalue weighted by Crippen LogP contribution is 2.24. The molecule has 0 saturated carbocycles. The number of nitrogens with zero attached hydrogens (tertiary/aromatic N) is 1. The van der Waals surface area contributed by atoms with Crippen LogP contribution in [0.25, 0.3) is 10.9 Å². The summed E-state index contributed by atoms with van der Waals surface area (Å²) in [6.07, 6.45) is 0. The highest BCUT2D eigenvalue weighted by atomic mass is 16.4. The van der Waals surface area contributed by atoms with Crippen LogP contribution in [-0.2, 0) is 0 Å². The lowest BCUT2D eigenvalue weighted by Gasteiger charge is -2.09. The zero-order chi connectivity index (χ0) is 14.1. The van der Waals surface area contributed by atoms with Crippen LogP contribution >= 0.6 is 0 Å². The number of aromatic carboxylic acids is 1. The zero-order valence-electron chi connectivity index (χ0n) is 10.8. The van der Waals surface area contributed by atoms with E-state index in [1.165, 1.54) is 0 Å². The van der Waals surface area contributed by atoms with Gasteiger partial charge in [0.05, 0.1) is 16.8 Å². The molecule has 0 aliphatic rings. The first-order chi connectivity index (χ1) is 9.65. The molecule has 0 atom stereocenters. The van der Waals surface area contributed by atoms with Crippen LogP contribution in [0, 0.1) is 6.92 Å². The number of nitrogens with one attached hydrogen (secondary N) is 2. The van der Waals surface area contributed by atoms with Crippen molar-refractivity contribution < 1.29 is 9.90 Å². The number of carboxylic acid groups (broad SMARTS) is 1. The van der Waals surface area contributed by atoms with Gasteiger partial charge in [-0.3, -0.25) is 5.10 Å². The van der Waals surface area contributed by atoms with Crippen molar-refractivity contribution in [2.75, 3.05) is 5.32 Å². The van der Waals surface area contributed by atoms with Crippen molar-refractivity contribution in [3.05, 3.63) is 53.7 Å². The number of aromatic nitrogens is 2. The summed E-state index contributed by atoms with van der Waals surface area (Å²) in [6.45, 7) is 1.96. The lowest BCUT2D eigenvalue weighted by Crippen LogP contribution is -2.02. The van der Waals surface area contributed by atoms with Gasteiger partial charge in [0, 0.05) is 16.8 Å². The molecule has 0 spiro atoms. The largest absolute Gasteiger partial charge is 0.478 e. The number of hydrogen-bond acceptors (Lipinski definition) is 3. The molecule has 0 aliphatic heterocycles. The van der Waals surface area contributed by atoms with Crippen LogP contribution in [0.5, 0.6) is 0 Å². The lowest BCUT2D eigenvalue weighted by atomic mass is 10.1. The highest BCUT2D eigenvalue weighted by molar-refractivity contribution is 5.95. The monoisotopic (exact) mass is 267 g/mol. The molecule has 0 saturated heterocycles. The van der Waals surface area contributed by atoms with E-state index in [0.717, 1.165) is 22.3 Å². The standard InChI is InChI=1S/C15H13N3O2/c1-9-11-7-6-10(8-14(11)18-17-9)16-13-5-3-2-4-12(13)15(19)20/h2-8,16H,1H3,(H,17,18)(H,19,20). The average molecular weight is 267 g/mol. The van der Waals surface area contributed by atoms with Gasteiger partial charge in [-0.2, -0.15) is 5.10 Å². The summed E-state index contributed by atoms with van der Waals surface area (Å²) in [6, 6.07) is 12.6. The van der Waals surface area contributed by atoms with Gasteiger partial charge in [0.15, 0.2) is 0 Å². The van der Waals surface area contributed by atoms with Gasteiger partial charge >= 0.3 is 5.97 Å². The van der Waals surface area contributed by atoms with Gasteiger partial charge in [-0.15, -0.1) is 0 Å². The second kappa shape index (κ2) is 4.70. The number of carbonyl (C=O) groups is 1. The smallest absolute Gasteiger partial charge is 0.337 e. The van der Waals surface area contributed by atoms with Crippen LogP contribution in [0.15, 0.2) is 42.5 Å². The molecular formula is C15H13N3O2. The van der Waals surface area contributed by atoms with Gasteiger partial charge < -0.3 is 10.4 Å². The maximum absolute atomic E-state index is 11.2. The molecule has 0 amide bonds. The SMILES string of the molecule is Cc1[nH]nc2cc(Nc3ccccc3C(=O)O)ccc12. The molecule has 0 bridgehead atoms. The van der Waals surface area contributed by atoms with Crippen molar-refractivity contribution >= 4 is 28.2 Å². The van der Waals surface area contributed by atoms with Crippen LogP contribution < -0.4 is 5.32 Å². The number of anilines is 2. The zero-order valence-corrected chi connectivity index (χ0v) is 10.8. The van der Waals surface area contributed by atoms with Crippen molar-refractivity contribution in [2.24, 2.45) is 0 Å². The minimum Gasteiger partial charge on any atom is -0.478 e. The third-order valence-corrected chi connectivity index (χ3v) is 3.18. The normalized spacial score (nSPS) is 10.7. The van der Waals surface area contributed by atoms with Crippen LogP contribution in [-0.4, -0.2) is 21.3 Å². The Kier molecular flexibility index (Phi) is 2.87. The minimum absolute atomic E-state index is 0.241. The topological polar surface area (TPSA) is 78.0 Å². The number of H-pyrrole nitrogens is 1. The number of carboxylic acids is 1. The fourth-order valence-electron chi connectivity index (χ4n) is 2.16. The summed E-state index contributed by atoms with van der Waals surface area (Å²) in [5, 5.41) is 20.5. The summed E-state index contributed by atoms with van der Waals surface area (Å²) >= 11 is 0. The van der Waals surface area contributed by atoms with Crippen molar-refractivity contribution in [3.63, 3.8) is 0 Å². The summed E-state index contributed by atoms with van der Waals surface area (Å²) in [5.41, 5.74) is 3.47. The first kappa shape index (κ1) is 12.2. The molecule has 3 N–H and O–H groups in total. The number of benzene rings is 2. The van der Waals surface area contributed by atoms with Crippen LogP contribution in [0.2, 0.25) is 0 Å². The van der Waals surface area contributed by atoms with E-state index >= 15 is 0 Å². The van der Waals surface area contributed by atoms with Gasteiger partial charge in [0.25, 0.3) is 0 Å². The van der Waals surface area contributed by atoms with E-state index in [4.69, 9.17) is 5.11 Å². The number of aryl methyl sites for hydroxylation is 1. The molecule has 1 heterocycles. The third kappa shape index (κ3) is 2.09.